The summed E-state index contributed by atoms with van der Waals surface area (Å²) in [6.45, 7) is 1.34. The molecule has 1 atom stereocenters. The molecule has 5 heteroatoms. The van der Waals surface area contributed by atoms with Crippen LogP contribution >= 0.6 is 0 Å². The van der Waals surface area contributed by atoms with Gasteiger partial charge in [0, 0.05) is 12.8 Å². The number of hydrogen-bond donors (Lipinski definition) is 2. The summed E-state index contributed by atoms with van der Waals surface area (Å²) in [5.74, 6) is -0.118. The second kappa shape index (κ2) is 3.57. The van der Waals surface area contributed by atoms with Crippen molar-refractivity contribution in [3.63, 3.8) is 0 Å². The van der Waals surface area contributed by atoms with Crippen LogP contribution in [0, 0.1) is 0 Å². The van der Waals surface area contributed by atoms with Crippen LogP contribution in [0.1, 0.15) is 16.9 Å². The summed E-state index contributed by atoms with van der Waals surface area (Å²) >= 11 is 0. The van der Waals surface area contributed by atoms with Crippen LogP contribution < -0.4 is 5.32 Å². The molecule has 2 N–H and O–H groups in total. The maximum atomic E-state index is 11.4. The fraction of sp³-hybridized carbons (Fsp3) is 0.500. The molecule has 2 heterocycles. The van der Waals surface area contributed by atoms with E-state index in [0.717, 1.165) is 13.0 Å². The zero-order chi connectivity index (χ0) is 9.10. The fourth-order valence-corrected chi connectivity index (χ4v) is 1.29. The topological polar surface area (TPSA) is 67.0 Å². The second-order valence-electron chi connectivity index (χ2n) is 3.00. The number of H-pyrrole nitrogens is 1. The Hall–Kier alpha value is -1.36. The molecule has 5 nitrogen and oxygen atoms in total. The van der Waals surface area contributed by atoms with Gasteiger partial charge in [0.05, 0.1) is 12.6 Å². The van der Waals surface area contributed by atoms with Crippen LogP contribution in [0.4, 0.5) is 0 Å². The number of aromatic amines is 1. The van der Waals surface area contributed by atoms with Gasteiger partial charge in [0.1, 0.15) is 5.69 Å². The van der Waals surface area contributed by atoms with Gasteiger partial charge in [-0.1, -0.05) is 0 Å². The Kier molecular flexibility index (Phi) is 2.27. The molecular weight excluding hydrogens is 170 g/mol. The summed E-state index contributed by atoms with van der Waals surface area (Å²) in [5.41, 5.74) is 0.493. The van der Waals surface area contributed by atoms with E-state index in [9.17, 15) is 4.79 Å². The van der Waals surface area contributed by atoms with Crippen molar-refractivity contribution in [2.75, 3.05) is 13.2 Å². The molecule has 1 aliphatic heterocycles. The number of hydrogen-bond acceptors (Lipinski definition) is 3. The molecule has 0 aliphatic carbocycles. The Bertz CT molecular complexity index is 278. The minimum absolute atomic E-state index is 0.118. The Balaban J connectivity index is 1.91. The van der Waals surface area contributed by atoms with Crippen LogP contribution in [0.15, 0.2) is 12.3 Å². The summed E-state index contributed by atoms with van der Waals surface area (Å²) in [6.07, 6.45) is 2.44. The lowest BCUT2D eigenvalue weighted by atomic mass is 10.2. The Labute approximate surface area is 75.5 Å². The van der Waals surface area contributed by atoms with E-state index in [1.807, 2.05) is 0 Å². The molecule has 1 fully saturated rings. The van der Waals surface area contributed by atoms with E-state index in [0.29, 0.717) is 12.3 Å². The van der Waals surface area contributed by atoms with Crippen molar-refractivity contribution in [1.82, 2.24) is 15.5 Å². The largest absolute Gasteiger partial charge is 0.379 e. The maximum absolute atomic E-state index is 11.4. The van der Waals surface area contributed by atoms with Gasteiger partial charge in [-0.05, 0) is 12.5 Å². The molecule has 1 aliphatic rings. The van der Waals surface area contributed by atoms with Crippen molar-refractivity contribution in [2.45, 2.75) is 12.5 Å². The van der Waals surface area contributed by atoms with Gasteiger partial charge in [0.2, 0.25) is 0 Å². The monoisotopic (exact) mass is 181 g/mol. The number of carbonyl (C=O) groups is 1. The molecule has 1 unspecified atom stereocenters. The van der Waals surface area contributed by atoms with E-state index in [2.05, 4.69) is 15.5 Å². The smallest absolute Gasteiger partial charge is 0.269 e. The van der Waals surface area contributed by atoms with E-state index in [1.54, 1.807) is 12.3 Å². The molecule has 0 spiro atoms. The van der Waals surface area contributed by atoms with Crippen LogP contribution in [-0.4, -0.2) is 35.4 Å². The molecule has 1 aromatic rings. The third kappa shape index (κ3) is 1.86. The van der Waals surface area contributed by atoms with Crippen molar-refractivity contribution in [2.24, 2.45) is 0 Å². The number of nitrogens with zero attached hydrogens (tertiary/aromatic N) is 1. The van der Waals surface area contributed by atoms with Gasteiger partial charge in [0.25, 0.3) is 5.91 Å². The van der Waals surface area contributed by atoms with Crippen molar-refractivity contribution in [3.05, 3.63) is 18.0 Å². The predicted molar refractivity (Wildman–Crippen MR) is 45.3 cm³/mol. The molecule has 13 heavy (non-hydrogen) atoms. The highest BCUT2D eigenvalue weighted by atomic mass is 16.5. The van der Waals surface area contributed by atoms with Crippen molar-refractivity contribution in [1.29, 1.82) is 0 Å². The van der Waals surface area contributed by atoms with Crippen molar-refractivity contribution in [3.8, 4) is 0 Å². The molecule has 70 valence electrons. The van der Waals surface area contributed by atoms with Crippen molar-refractivity contribution >= 4 is 5.91 Å². The summed E-state index contributed by atoms with van der Waals surface area (Å²) in [6, 6.07) is 1.79. The van der Waals surface area contributed by atoms with Crippen LogP contribution in [0.25, 0.3) is 0 Å². The number of nitrogens with one attached hydrogen (secondary N) is 2. The fourth-order valence-electron chi connectivity index (χ4n) is 1.29. The van der Waals surface area contributed by atoms with Gasteiger partial charge in [-0.2, -0.15) is 5.10 Å². The molecule has 0 aromatic carbocycles. The third-order valence-corrected chi connectivity index (χ3v) is 2.01. The normalized spacial score (nSPS) is 21.7. The number of ether oxygens (including phenoxy) is 1. The average Bonchev–Trinajstić information content (AvgIpc) is 2.74. The first-order valence-electron chi connectivity index (χ1n) is 4.24. The van der Waals surface area contributed by atoms with E-state index in [-0.39, 0.29) is 11.9 Å². The van der Waals surface area contributed by atoms with Gasteiger partial charge >= 0.3 is 0 Å². The highest BCUT2D eigenvalue weighted by molar-refractivity contribution is 5.92. The minimum atomic E-state index is -0.118. The minimum Gasteiger partial charge on any atom is -0.379 e. The molecule has 0 saturated carbocycles. The molecule has 0 bridgehead atoms. The number of rotatable bonds is 2. The first-order chi connectivity index (χ1) is 6.36. The zero-order valence-corrected chi connectivity index (χ0v) is 7.12. The van der Waals surface area contributed by atoms with Crippen molar-refractivity contribution < 1.29 is 9.53 Å². The summed E-state index contributed by atoms with van der Waals surface area (Å²) in [4.78, 5) is 11.4. The number of carbonyl (C=O) groups excluding carboxylic acids is 1. The molecule has 1 amide bonds. The van der Waals surface area contributed by atoms with Crippen LogP contribution in [0.3, 0.4) is 0 Å². The van der Waals surface area contributed by atoms with E-state index in [1.165, 1.54) is 0 Å². The molecular formula is C8H11N3O2. The Morgan fingerprint density at radius 1 is 1.77 bits per heavy atom. The van der Waals surface area contributed by atoms with Crippen LogP contribution in [0.5, 0.6) is 0 Å². The summed E-state index contributed by atoms with van der Waals surface area (Å²) in [7, 11) is 0. The van der Waals surface area contributed by atoms with E-state index in [4.69, 9.17) is 4.74 Å². The first kappa shape index (κ1) is 8.25. The Morgan fingerprint density at radius 3 is 3.31 bits per heavy atom. The third-order valence-electron chi connectivity index (χ3n) is 2.01. The highest BCUT2D eigenvalue weighted by Gasteiger charge is 2.18. The lowest BCUT2D eigenvalue weighted by Crippen LogP contribution is -2.35. The number of amides is 1. The summed E-state index contributed by atoms with van der Waals surface area (Å²) in [5, 5.41) is 9.15. The molecule has 1 saturated heterocycles. The lowest BCUT2D eigenvalue weighted by Gasteiger charge is -2.08. The van der Waals surface area contributed by atoms with Crippen LogP contribution in [0.2, 0.25) is 0 Å². The average molecular weight is 181 g/mol. The van der Waals surface area contributed by atoms with Gasteiger partial charge in [-0.25, -0.2) is 0 Å². The SMILES string of the molecule is O=C(NC1CCOC1)c1ccn[nH]1. The van der Waals surface area contributed by atoms with Gasteiger partial charge < -0.3 is 10.1 Å². The maximum Gasteiger partial charge on any atom is 0.269 e. The molecule has 1 aromatic heterocycles. The highest BCUT2D eigenvalue weighted by Crippen LogP contribution is 2.04. The van der Waals surface area contributed by atoms with E-state index < -0.39 is 0 Å². The molecule has 2 rings (SSSR count). The zero-order valence-electron chi connectivity index (χ0n) is 7.12. The first-order valence-corrected chi connectivity index (χ1v) is 4.24. The quantitative estimate of drug-likeness (QED) is 0.671. The van der Waals surface area contributed by atoms with Gasteiger partial charge in [0.15, 0.2) is 0 Å². The number of aromatic nitrogens is 2. The predicted octanol–water partition coefficient (Wildman–Crippen LogP) is -0.0716. The van der Waals surface area contributed by atoms with Crippen LogP contribution in [-0.2, 0) is 4.74 Å². The van der Waals surface area contributed by atoms with Gasteiger partial charge in [-0.15, -0.1) is 0 Å². The summed E-state index contributed by atoms with van der Waals surface area (Å²) < 4.78 is 5.13. The standard InChI is InChI=1S/C8H11N3O2/c12-8(7-1-3-9-11-7)10-6-2-4-13-5-6/h1,3,6H,2,4-5H2,(H,9,11)(H,10,12). The van der Waals surface area contributed by atoms with E-state index >= 15 is 0 Å². The van der Waals surface area contributed by atoms with Gasteiger partial charge in [-0.3, -0.25) is 9.89 Å². The second-order valence-corrected chi connectivity index (χ2v) is 3.00. The Morgan fingerprint density at radius 2 is 2.69 bits per heavy atom. The molecule has 0 radical (unpaired) electrons. The lowest BCUT2D eigenvalue weighted by molar-refractivity contribution is 0.0925.